The first-order valence-electron chi connectivity index (χ1n) is 9.10. The summed E-state index contributed by atoms with van der Waals surface area (Å²) in [6.07, 6.45) is 0.764. The fourth-order valence-electron chi connectivity index (χ4n) is 2.62. The van der Waals surface area contributed by atoms with E-state index in [0.717, 1.165) is 48.2 Å². The molecule has 0 aliphatic rings. The molecule has 3 nitrogen and oxygen atoms in total. The maximum atomic E-state index is 13.0. The molecule has 0 unspecified atom stereocenters. The van der Waals surface area contributed by atoms with Crippen LogP contribution in [0.3, 0.4) is 0 Å². The van der Waals surface area contributed by atoms with Crippen molar-refractivity contribution in [2.24, 2.45) is 5.73 Å². The quantitative estimate of drug-likeness (QED) is 0.481. The molecule has 0 amide bonds. The van der Waals surface area contributed by atoms with Gasteiger partial charge in [0.1, 0.15) is 17.9 Å². The lowest BCUT2D eigenvalue weighted by Crippen LogP contribution is -2.21. The van der Waals surface area contributed by atoms with Crippen LogP contribution in [0.25, 0.3) is 22.3 Å². The smallest absolute Gasteiger partial charge is 0.150 e. The van der Waals surface area contributed by atoms with Gasteiger partial charge in [-0.25, -0.2) is 8.78 Å². The highest BCUT2D eigenvalue weighted by molar-refractivity contribution is 5.84. The predicted octanol–water partition coefficient (Wildman–Crippen LogP) is 4.67. The minimum atomic E-state index is -0.311. The van der Waals surface area contributed by atoms with Crippen LogP contribution in [0.1, 0.15) is 17.3 Å². The fourth-order valence-corrected chi connectivity index (χ4v) is 2.62. The Kier molecular flexibility index (Phi) is 8.46. The molecule has 0 spiro atoms. The van der Waals surface area contributed by atoms with E-state index < -0.39 is 0 Å². The number of carbonyl (C=O) groups is 1. The van der Waals surface area contributed by atoms with Crippen LogP contribution < -0.4 is 11.1 Å². The van der Waals surface area contributed by atoms with Gasteiger partial charge in [0, 0.05) is 18.7 Å². The second-order valence-electron chi connectivity index (χ2n) is 6.12. The van der Waals surface area contributed by atoms with Crippen molar-refractivity contribution in [1.29, 1.82) is 0 Å². The Morgan fingerprint density at radius 3 is 1.61 bits per heavy atom. The van der Waals surface area contributed by atoms with E-state index in [2.05, 4.69) is 12.2 Å². The maximum absolute atomic E-state index is 13.0. The first-order valence-corrected chi connectivity index (χ1v) is 9.10. The molecule has 0 radical (unpaired) electrons. The van der Waals surface area contributed by atoms with Gasteiger partial charge in [0.15, 0.2) is 0 Å². The van der Waals surface area contributed by atoms with Crippen LogP contribution in [-0.4, -0.2) is 25.9 Å². The molecule has 146 valence electrons. The van der Waals surface area contributed by atoms with Gasteiger partial charge in [-0.1, -0.05) is 31.2 Å². The summed E-state index contributed by atoms with van der Waals surface area (Å²) < 4.78 is 26.1. The summed E-state index contributed by atoms with van der Waals surface area (Å²) in [5, 5.41) is 3.07. The third-order valence-corrected chi connectivity index (χ3v) is 4.02. The SMILES string of the molecule is CCNCCN.O=Cc1cc(-c2ccc(F)cc2)cc(-c2ccc(F)cc2)c1. The molecular formula is C23H24F2N2O. The van der Waals surface area contributed by atoms with Gasteiger partial charge in [-0.2, -0.15) is 0 Å². The van der Waals surface area contributed by atoms with Crippen molar-refractivity contribution in [3.05, 3.63) is 83.9 Å². The third kappa shape index (κ3) is 6.37. The molecule has 0 saturated heterocycles. The number of benzene rings is 3. The fraction of sp³-hybridized carbons (Fsp3) is 0.174. The maximum Gasteiger partial charge on any atom is 0.150 e. The number of nitrogens with one attached hydrogen (secondary N) is 1. The summed E-state index contributed by atoms with van der Waals surface area (Å²) in [5.74, 6) is -0.622. The summed E-state index contributed by atoms with van der Waals surface area (Å²) >= 11 is 0. The Morgan fingerprint density at radius 1 is 0.821 bits per heavy atom. The van der Waals surface area contributed by atoms with E-state index in [-0.39, 0.29) is 11.6 Å². The Hall–Kier alpha value is -2.89. The van der Waals surface area contributed by atoms with Gasteiger partial charge in [-0.15, -0.1) is 0 Å². The van der Waals surface area contributed by atoms with E-state index >= 15 is 0 Å². The van der Waals surface area contributed by atoms with Gasteiger partial charge in [-0.3, -0.25) is 4.79 Å². The minimum Gasteiger partial charge on any atom is -0.329 e. The molecule has 0 bridgehead atoms. The number of hydrogen-bond donors (Lipinski definition) is 2. The highest BCUT2D eigenvalue weighted by Gasteiger charge is 2.06. The van der Waals surface area contributed by atoms with Crippen molar-refractivity contribution >= 4 is 6.29 Å². The molecule has 28 heavy (non-hydrogen) atoms. The Morgan fingerprint density at radius 2 is 1.29 bits per heavy atom. The summed E-state index contributed by atoms with van der Waals surface area (Å²) in [7, 11) is 0. The van der Waals surface area contributed by atoms with Crippen molar-refractivity contribution < 1.29 is 13.6 Å². The van der Waals surface area contributed by atoms with Crippen molar-refractivity contribution in [2.45, 2.75) is 6.92 Å². The van der Waals surface area contributed by atoms with E-state index in [1.807, 2.05) is 6.07 Å². The largest absolute Gasteiger partial charge is 0.329 e. The number of halogens is 2. The van der Waals surface area contributed by atoms with Crippen molar-refractivity contribution in [3.63, 3.8) is 0 Å². The zero-order valence-electron chi connectivity index (χ0n) is 15.8. The lowest BCUT2D eigenvalue weighted by molar-refractivity contribution is 0.112. The van der Waals surface area contributed by atoms with Crippen LogP contribution in [0.5, 0.6) is 0 Å². The highest BCUT2D eigenvalue weighted by Crippen LogP contribution is 2.28. The van der Waals surface area contributed by atoms with Gasteiger partial charge in [0.25, 0.3) is 0 Å². The molecule has 0 heterocycles. The van der Waals surface area contributed by atoms with Crippen LogP contribution in [0, 0.1) is 11.6 Å². The Labute approximate surface area is 164 Å². The van der Waals surface area contributed by atoms with Crippen molar-refractivity contribution in [1.82, 2.24) is 5.32 Å². The first-order chi connectivity index (χ1) is 13.6. The number of aldehydes is 1. The molecule has 3 rings (SSSR count). The second kappa shape index (κ2) is 11.1. The van der Waals surface area contributed by atoms with Gasteiger partial charge in [-0.05, 0) is 71.3 Å². The highest BCUT2D eigenvalue weighted by atomic mass is 19.1. The molecule has 0 saturated carbocycles. The molecule has 0 aromatic heterocycles. The number of likely N-dealkylation sites (N-methyl/N-ethyl adjacent to an activating group) is 1. The van der Waals surface area contributed by atoms with Crippen LogP contribution >= 0.6 is 0 Å². The average Bonchev–Trinajstić information content (AvgIpc) is 2.73. The normalized spacial score (nSPS) is 10.1. The van der Waals surface area contributed by atoms with Crippen LogP contribution in [0.4, 0.5) is 8.78 Å². The minimum absolute atomic E-state index is 0.311. The van der Waals surface area contributed by atoms with Crippen LogP contribution in [-0.2, 0) is 0 Å². The van der Waals surface area contributed by atoms with Crippen molar-refractivity contribution in [3.8, 4) is 22.3 Å². The average molecular weight is 382 g/mol. The van der Waals surface area contributed by atoms with Crippen LogP contribution in [0.15, 0.2) is 66.7 Å². The van der Waals surface area contributed by atoms with E-state index in [1.54, 1.807) is 36.4 Å². The van der Waals surface area contributed by atoms with Crippen LogP contribution in [0.2, 0.25) is 0 Å². The van der Waals surface area contributed by atoms with Gasteiger partial charge >= 0.3 is 0 Å². The topological polar surface area (TPSA) is 55.1 Å². The standard InChI is InChI=1S/C19H12F2O.C4H12N2/c20-18-5-1-14(2-6-18)16-9-13(12-22)10-17(11-16)15-3-7-19(21)8-4-15;1-2-6-4-3-5/h1-12H;6H,2-5H2,1H3. The Bertz CT molecular complexity index is 810. The zero-order valence-corrected chi connectivity index (χ0v) is 15.8. The number of carbonyl (C=O) groups excluding carboxylic acids is 1. The molecule has 5 heteroatoms. The summed E-state index contributed by atoms with van der Waals surface area (Å²) in [6.45, 7) is 4.77. The molecule has 3 aromatic rings. The molecule has 0 aliphatic carbocycles. The van der Waals surface area contributed by atoms with Gasteiger partial charge < -0.3 is 11.1 Å². The van der Waals surface area contributed by atoms with Gasteiger partial charge in [0.2, 0.25) is 0 Å². The number of nitrogens with two attached hydrogens (primary N) is 1. The Balaban J connectivity index is 0.000000409. The van der Waals surface area contributed by atoms with Crippen molar-refractivity contribution in [2.75, 3.05) is 19.6 Å². The lowest BCUT2D eigenvalue weighted by atomic mass is 9.96. The van der Waals surface area contributed by atoms with E-state index in [4.69, 9.17) is 5.73 Å². The van der Waals surface area contributed by atoms with E-state index in [9.17, 15) is 13.6 Å². The molecule has 0 fully saturated rings. The zero-order chi connectivity index (χ0) is 20.4. The molecule has 0 aliphatic heterocycles. The number of rotatable bonds is 6. The molecular weight excluding hydrogens is 358 g/mol. The first kappa shape index (κ1) is 21.4. The molecule has 3 aromatic carbocycles. The summed E-state index contributed by atoms with van der Waals surface area (Å²) in [5.41, 5.74) is 8.91. The molecule has 3 N–H and O–H groups in total. The monoisotopic (exact) mass is 382 g/mol. The molecule has 0 atom stereocenters. The summed E-state index contributed by atoms with van der Waals surface area (Å²) in [4.78, 5) is 11.2. The van der Waals surface area contributed by atoms with Gasteiger partial charge in [0.05, 0.1) is 0 Å². The third-order valence-electron chi connectivity index (χ3n) is 4.02. The van der Waals surface area contributed by atoms with E-state index in [0.29, 0.717) is 5.56 Å². The summed E-state index contributed by atoms with van der Waals surface area (Å²) in [6, 6.07) is 17.5. The lowest BCUT2D eigenvalue weighted by Gasteiger charge is -2.08. The number of hydrogen-bond acceptors (Lipinski definition) is 3. The predicted molar refractivity (Wildman–Crippen MR) is 110 cm³/mol. The second-order valence-corrected chi connectivity index (χ2v) is 6.12. The van der Waals surface area contributed by atoms with E-state index in [1.165, 1.54) is 24.3 Å².